The summed E-state index contributed by atoms with van der Waals surface area (Å²) in [6.07, 6.45) is 1.19. The highest BCUT2D eigenvalue weighted by molar-refractivity contribution is 5.90. The van der Waals surface area contributed by atoms with Gasteiger partial charge in [-0.15, -0.1) is 0 Å². The van der Waals surface area contributed by atoms with Gasteiger partial charge in [-0.2, -0.15) is 0 Å². The van der Waals surface area contributed by atoms with Crippen LogP contribution in [0.15, 0.2) is 18.2 Å². The Balaban J connectivity index is 1.83. The second-order valence-electron chi connectivity index (χ2n) is 6.62. The number of likely N-dealkylation sites (tertiary alicyclic amines) is 1. The molecule has 1 saturated heterocycles. The summed E-state index contributed by atoms with van der Waals surface area (Å²) in [4.78, 5) is 14.1. The van der Waals surface area contributed by atoms with E-state index in [1.165, 1.54) is 0 Å². The molecule has 6 heteroatoms. The van der Waals surface area contributed by atoms with Crippen molar-refractivity contribution in [3.63, 3.8) is 0 Å². The van der Waals surface area contributed by atoms with Crippen LogP contribution in [0.5, 0.6) is 0 Å². The number of amides is 1. The highest BCUT2D eigenvalue weighted by atomic mass is 19.1. The molecule has 1 amide bonds. The standard InChI is InChI=1S/C16H23F2N3O/c1-16(2)10-21(5-3-14(16)19)6-4-15(22)20-13-8-11(17)7-12(18)9-13/h7-9,14H,3-6,10,19H2,1-2H3,(H,20,22). The fourth-order valence-electron chi connectivity index (χ4n) is 2.79. The highest BCUT2D eigenvalue weighted by Crippen LogP contribution is 2.27. The van der Waals surface area contributed by atoms with E-state index in [1.807, 2.05) is 0 Å². The van der Waals surface area contributed by atoms with Gasteiger partial charge in [0.1, 0.15) is 11.6 Å². The number of nitrogens with one attached hydrogen (secondary N) is 1. The van der Waals surface area contributed by atoms with Crippen molar-refractivity contribution in [1.29, 1.82) is 0 Å². The quantitative estimate of drug-likeness (QED) is 0.897. The SMILES string of the molecule is CC1(C)CN(CCC(=O)Nc2cc(F)cc(F)c2)CCC1N. The van der Waals surface area contributed by atoms with Gasteiger partial charge in [-0.3, -0.25) is 4.79 Å². The molecule has 2 rings (SSSR count). The van der Waals surface area contributed by atoms with E-state index in [2.05, 4.69) is 24.1 Å². The van der Waals surface area contributed by atoms with Gasteiger partial charge in [-0.25, -0.2) is 8.78 Å². The number of nitrogens with two attached hydrogens (primary N) is 1. The van der Waals surface area contributed by atoms with E-state index >= 15 is 0 Å². The Labute approximate surface area is 129 Å². The maximum atomic E-state index is 13.1. The van der Waals surface area contributed by atoms with Gasteiger partial charge in [-0.1, -0.05) is 13.8 Å². The van der Waals surface area contributed by atoms with Gasteiger partial charge in [0.05, 0.1) is 0 Å². The Morgan fingerprint density at radius 2 is 2.00 bits per heavy atom. The number of benzene rings is 1. The van der Waals surface area contributed by atoms with Crippen molar-refractivity contribution in [2.24, 2.45) is 11.1 Å². The zero-order valence-corrected chi connectivity index (χ0v) is 13.0. The Kier molecular flexibility index (Phi) is 5.13. The fraction of sp³-hybridized carbons (Fsp3) is 0.562. The van der Waals surface area contributed by atoms with E-state index in [1.54, 1.807) is 0 Å². The molecule has 0 bridgehead atoms. The average molecular weight is 311 g/mol. The molecule has 3 N–H and O–H groups in total. The molecule has 22 heavy (non-hydrogen) atoms. The fourth-order valence-corrected chi connectivity index (χ4v) is 2.79. The largest absolute Gasteiger partial charge is 0.327 e. The number of halogens is 2. The second-order valence-corrected chi connectivity index (χ2v) is 6.62. The molecule has 1 unspecified atom stereocenters. The molecule has 1 heterocycles. The van der Waals surface area contributed by atoms with Crippen molar-refractivity contribution in [3.05, 3.63) is 29.8 Å². The van der Waals surface area contributed by atoms with Gasteiger partial charge >= 0.3 is 0 Å². The van der Waals surface area contributed by atoms with E-state index in [0.717, 1.165) is 37.7 Å². The van der Waals surface area contributed by atoms with Crippen LogP contribution in [0.25, 0.3) is 0 Å². The van der Waals surface area contributed by atoms with E-state index in [9.17, 15) is 13.6 Å². The molecular weight excluding hydrogens is 288 g/mol. The second kappa shape index (κ2) is 6.71. The van der Waals surface area contributed by atoms with E-state index < -0.39 is 11.6 Å². The van der Waals surface area contributed by atoms with Gasteiger partial charge in [0, 0.05) is 37.3 Å². The summed E-state index contributed by atoms with van der Waals surface area (Å²) in [6, 6.07) is 3.15. The minimum atomic E-state index is -0.706. The molecule has 0 radical (unpaired) electrons. The Hall–Kier alpha value is -1.53. The summed E-state index contributed by atoms with van der Waals surface area (Å²) < 4.78 is 26.1. The molecule has 0 aliphatic carbocycles. The lowest BCUT2D eigenvalue weighted by Crippen LogP contribution is -2.52. The average Bonchev–Trinajstić information content (AvgIpc) is 2.39. The van der Waals surface area contributed by atoms with Crippen LogP contribution in [-0.4, -0.2) is 36.5 Å². The highest BCUT2D eigenvalue weighted by Gasteiger charge is 2.33. The third-order valence-corrected chi connectivity index (χ3v) is 4.19. The van der Waals surface area contributed by atoms with Crippen LogP contribution in [0.2, 0.25) is 0 Å². The number of hydrogen-bond donors (Lipinski definition) is 2. The smallest absolute Gasteiger partial charge is 0.225 e. The maximum Gasteiger partial charge on any atom is 0.225 e. The summed E-state index contributed by atoms with van der Waals surface area (Å²) in [7, 11) is 0. The molecule has 1 aliphatic heterocycles. The van der Waals surface area contributed by atoms with E-state index in [4.69, 9.17) is 5.73 Å². The first-order valence-corrected chi connectivity index (χ1v) is 7.50. The Morgan fingerprint density at radius 1 is 1.36 bits per heavy atom. The molecule has 1 aliphatic rings. The zero-order valence-electron chi connectivity index (χ0n) is 13.0. The summed E-state index contributed by atoms with van der Waals surface area (Å²) in [5, 5.41) is 2.52. The van der Waals surface area contributed by atoms with Crippen molar-refractivity contribution in [3.8, 4) is 0 Å². The third-order valence-electron chi connectivity index (χ3n) is 4.19. The number of rotatable bonds is 4. The lowest BCUT2D eigenvalue weighted by Gasteiger charge is -2.42. The van der Waals surface area contributed by atoms with E-state index in [-0.39, 0.29) is 29.5 Å². The monoisotopic (exact) mass is 311 g/mol. The third kappa shape index (κ3) is 4.48. The lowest BCUT2D eigenvalue weighted by molar-refractivity contribution is -0.116. The number of carbonyl (C=O) groups is 1. The van der Waals surface area contributed by atoms with Gasteiger partial charge in [0.15, 0.2) is 0 Å². The summed E-state index contributed by atoms with van der Waals surface area (Å²) in [5.41, 5.74) is 6.25. The Morgan fingerprint density at radius 3 is 2.59 bits per heavy atom. The first kappa shape index (κ1) is 16.8. The summed E-state index contributed by atoms with van der Waals surface area (Å²) in [5.74, 6) is -1.66. The molecule has 0 saturated carbocycles. The molecule has 1 aromatic carbocycles. The molecule has 0 aromatic heterocycles. The molecule has 122 valence electrons. The zero-order chi connectivity index (χ0) is 16.3. The number of piperidine rings is 1. The first-order chi connectivity index (χ1) is 10.3. The normalized spacial score (nSPS) is 21.6. The van der Waals surface area contributed by atoms with Gasteiger partial charge < -0.3 is 16.0 Å². The summed E-state index contributed by atoms with van der Waals surface area (Å²) in [6.45, 7) is 6.57. The lowest BCUT2D eigenvalue weighted by atomic mass is 9.80. The van der Waals surface area contributed by atoms with Crippen LogP contribution in [-0.2, 0) is 4.79 Å². The van der Waals surface area contributed by atoms with Crippen molar-refractivity contribution >= 4 is 11.6 Å². The van der Waals surface area contributed by atoms with Crippen molar-refractivity contribution in [1.82, 2.24) is 4.90 Å². The number of hydrogen-bond acceptors (Lipinski definition) is 3. The molecule has 4 nitrogen and oxygen atoms in total. The topological polar surface area (TPSA) is 58.4 Å². The van der Waals surface area contributed by atoms with Crippen molar-refractivity contribution in [2.45, 2.75) is 32.7 Å². The van der Waals surface area contributed by atoms with Gasteiger partial charge in [-0.05, 0) is 30.5 Å². The van der Waals surface area contributed by atoms with Crippen LogP contribution in [0.4, 0.5) is 14.5 Å². The van der Waals surface area contributed by atoms with Crippen LogP contribution in [0.3, 0.4) is 0 Å². The van der Waals surface area contributed by atoms with Gasteiger partial charge in [0.2, 0.25) is 5.91 Å². The van der Waals surface area contributed by atoms with Crippen molar-refractivity contribution in [2.75, 3.05) is 25.0 Å². The molecule has 1 aromatic rings. The number of anilines is 1. The molecule has 1 fully saturated rings. The van der Waals surface area contributed by atoms with Crippen LogP contribution < -0.4 is 11.1 Å². The van der Waals surface area contributed by atoms with E-state index in [0.29, 0.717) is 6.54 Å². The Bertz CT molecular complexity index is 528. The van der Waals surface area contributed by atoms with Crippen LogP contribution in [0, 0.1) is 17.0 Å². The number of carbonyl (C=O) groups excluding carboxylic acids is 1. The van der Waals surface area contributed by atoms with Crippen molar-refractivity contribution < 1.29 is 13.6 Å². The van der Waals surface area contributed by atoms with Gasteiger partial charge in [0.25, 0.3) is 0 Å². The minimum absolute atomic E-state index is 0.0282. The van der Waals surface area contributed by atoms with Crippen LogP contribution in [0.1, 0.15) is 26.7 Å². The minimum Gasteiger partial charge on any atom is -0.327 e. The number of nitrogens with zero attached hydrogens (tertiary/aromatic N) is 1. The predicted molar refractivity (Wildman–Crippen MR) is 82.4 cm³/mol. The maximum absolute atomic E-state index is 13.1. The predicted octanol–water partition coefficient (Wildman–Crippen LogP) is 2.35. The molecule has 0 spiro atoms. The molecular formula is C16H23F2N3O. The summed E-state index contributed by atoms with van der Waals surface area (Å²) >= 11 is 0. The first-order valence-electron chi connectivity index (χ1n) is 7.50. The molecule has 1 atom stereocenters. The van der Waals surface area contributed by atoms with Crippen LogP contribution >= 0.6 is 0 Å².